The predicted molar refractivity (Wildman–Crippen MR) is 147 cm³/mol. The third-order valence-corrected chi connectivity index (χ3v) is 7.51. The maximum absolute atomic E-state index is 13.0. The lowest BCUT2D eigenvalue weighted by Crippen LogP contribution is -2.36. The van der Waals surface area contributed by atoms with Crippen molar-refractivity contribution < 1.29 is 37.8 Å². The standard InChI is InChI=1S/C32H32F3NO5/c1-31(2,3)23-13-14-24-26(18-23)29(39)36(28(24)38)17-16-25(30(40)41)27(37)15-6-19-4-7-20(8-5-19)21-9-11-22(12-10-21)32(33,34)35/h4-5,7-14,18,25,27,37H,6,15-17H2,1-3H3,(H,40,41)/t25-,27-/m0/s1. The summed E-state index contributed by atoms with van der Waals surface area (Å²) in [6.07, 6.45) is -5.22. The van der Waals surface area contributed by atoms with Crippen molar-refractivity contribution in [1.82, 2.24) is 4.90 Å². The Kier molecular flexibility index (Phi) is 8.40. The molecule has 1 aliphatic rings. The molecule has 0 saturated heterocycles. The van der Waals surface area contributed by atoms with E-state index in [2.05, 4.69) is 0 Å². The third kappa shape index (κ3) is 6.68. The van der Waals surface area contributed by atoms with Crippen LogP contribution < -0.4 is 0 Å². The number of aryl methyl sites for hydroxylation is 1. The highest BCUT2D eigenvalue weighted by molar-refractivity contribution is 6.21. The number of hydrogen-bond donors (Lipinski definition) is 2. The van der Waals surface area contributed by atoms with Gasteiger partial charge in [-0.15, -0.1) is 0 Å². The van der Waals surface area contributed by atoms with Crippen LogP contribution in [-0.4, -0.2) is 45.5 Å². The number of benzene rings is 3. The fourth-order valence-electron chi connectivity index (χ4n) is 4.94. The highest BCUT2D eigenvalue weighted by atomic mass is 19.4. The molecule has 0 radical (unpaired) electrons. The van der Waals surface area contributed by atoms with E-state index in [1.54, 1.807) is 36.4 Å². The van der Waals surface area contributed by atoms with Crippen molar-refractivity contribution in [1.29, 1.82) is 0 Å². The minimum atomic E-state index is -4.41. The van der Waals surface area contributed by atoms with Gasteiger partial charge in [0.1, 0.15) is 0 Å². The van der Waals surface area contributed by atoms with Gasteiger partial charge in [-0.3, -0.25) is 19.3 Å². The van der Waals surface area contributed by atoms with Crippen LogP contribution in [0.3, 0.4) is 0 Å². The van der Waals surface area contributed by atoms with Gasteiger partial charge >= 0.3 is 12.1 Å². The molecule has 0 saturated carbocycles. The second-order valence-electron chi connectivity index (χ2n) is 11.4. The molecule has 0 fully saturated rings. The van der Waals surface area contributed by atoms with Gasteiger partial charge < -0.3 is 10.2 Å². The van der Waals surface area contributed by atoms with Crippen LogP contribution >= 0.6 is 0 Å². The zero-order chi connectivity index (χ0) is 30.1. The molecular formula is C32H32F3NO5. The number of carboxylic acids is 1. The van der Waals surface area contributed by atoms with Gasteiger partial charge in [0.15, 0.2) is 0 Å². The number of hydrogen-bond acceptors (Lipinski definition) is 4. The van der Waals surface area contributed by atoms with Crippen LogP contribution in [0.1, 0.15) is 71.0 Å². The number of carbonyl (C=O) groups is 3. The molecule has 0 unspecified atom stereocenters. The summed E-state index contributed by atoms with van der Waals surface area (Å²) in [5.41, 5.74) is 2.72. The quantitative estimate of drug-likeness (QED) is 0.294. The molecule has 41 heavy (non-hydrogen) atoms. The van der Waals surface area contributed by atoms with Gasteiger partial charge in [-0.25, -0.2) is 0 Å². The third-order valence-electron chi connectivity index (χ3n) is 7.51. The lowest BCUT2D eigenvalue weighted by atomic mass is 9.85. The zero-order valence-electron chi connectivity index (χ0n) is 23.0. The topological polar surface area (TPSA) is 94.9 Å². The second kappa shape index (κ2) is 11.5. The lowest BCUT2D eigenvalue weighted by Gasteiger charge is -2.22. The monoisotopic (exact) mass is 567 g/mol. The summed E-state index contributed by atoms with van der Waals surface area (Å²) < 4.78 is 38.4. The maximum atomic E-state index is 13.0. The molecule has 3 aromatic carbocycles. The normalized spacial score (nSPS) is 15.1. The molecule has 6 nitrogen and oxygen atoms in total. The molecule has 2 atom stereocenters. The molecule has 2 amide bonds. The Morgan fingerprint density at radius 2 is 1.34 bits per heavy atom. The van der Waals surface area contributed by atoms with E-state index < -0.39 is 41.5 Å². The molecule has 216 valence electrons. The van der Waals surface area contributed by atoms with Gasteiger partial charge in [-0.1, -0.05) is 63.2 Å². The molecule has 4 rings (SSSR count). The summed E-state index contributed by atoms with van der Waals surface area (Å²) >= 11 is 0. The number of fused-ring (bicyclic) bond motifs is 1. The Balaban J connectivity index is 1.35. The van der Waals surface area contributed by atoms with Crippen molar-refractivity contribution in [3.8, 4) is 11.1 Å². The van der Waals surface area contributed by atoms with Crippen LogP contribution in [0.25, 0.3) is 11.1 Å². The fraction of sp³-hybridized carbons (Fsp3) is 0.344. The molecule has 2 N–H and O–H groups in total. The molecule has 0 aliphatic carbocycles. The van der Waals surface area contributed by atoms with Crippen molar-refractivity contribution in [3.63, 3.8) is 0 Å². The van der Waals surface area contributed by atoms with Gasteiger partial charge in [-0.2, -0.15) is 13.2 Å². The Bertz CT molecular complexity index is 1440. The zero-order valence-corrected chi connectivity index (χ0v) is 23.0. The van der Waals surface area contributed by atoms with Crippen molar-refractivity contribution in [2.24, 2.45) is 5.92 Å². The number of nitrogens with zero attached hydrogens (tertiary/aromatic N) is 1. The molecule has 1 aliphatic heterocycles. The van der Waals surface area contributed by atoms with E-state index in [1.807, 2.05) is 26.8 Å². The first-order chi connectivity index (χ1) is 19.2. The number of rotatable bonds is 9. The number of aliphatic hydroxyl groups is 1. The molecule has 1 heterocycles. The van der Waals surface area contributed by atoms with Crippen molar-refractivity contribution in [3.05, 3.63) is 94.5 Å². The van der Waals surface area contributed by atoms with Crippen LogP contribution in [0.4, 0.5) is 13.2 Å². The molecule has 9 heteroatoms. The smallest absolute Gasteiger partial charge is 0.416 e. The summed E-state index contributed by atoms with van der Waals surface area (Å²) in [5, 5.41) is 20.5. The summed E-state index contributed by atoms with van der Waals surface area (Å²) in [5.74, 6) is -3.35. The number of alkyl halides is 3. The highest BCUT2D eigenvalue weighted by Gasteiger charge is 2.38. The molecule has 3 aromatic rings. The van der Waals surface area contributed by atoms with E-state index in [4.69, 9.17) is 0 Å². The van der Waals surface area contributed by atoms with Gasteiger partial charge in [0.05, 0.1) is 28.7 Å². The Hall–Kier alpha value is -3.98. The average Bonchev–Trinajstić information content (AvgIpc) is 3.15. The van der Waals surface area contributed by atoms with Crippen molar-refractivity contribution >= 4 is 17.8 Å². The number of aliphatic hydroxyl groups excluding tert-OH is 1. The summed E-state index contributed by atoms with van der Waals surface area (Å²) in [4.78, 5) is 38.9. The van der Waals surface area contributed by atoms with Crippen LogP contribution in [0.5, 0.6) is 0 Å². The number of carbonyl (C=O) groups excluding carboxylic acids is 2. The van der Waals surface area contributed by atoms with Crippen LogP contribution in [0.15, 0.2) is 66.7 Å². The molecule has 0 bridgehead atoms. The van der Waals surface area contributed by atoms with E-state index in [-0.39, 0.29) is 30.4 Å². The fourth-order valence-corrected chi connectivity index (χ4v) is 4.94. The number of carboxylic acid groups (broad SMARTS) is 1. The van der Waals surface area contributed by atoms with Crippen LogP contribution in [0.2, 0.25) is 0 Å². The number of imide groups is 1. The maximum Gasteiger partial charge on any atom is 0.416 e. The van der Waals surface area contributed by atoms with E-state index >= 15 is 0 Å². The number of aliphatic carboxylic acids is 1. The Morgan fingerprint density at radius 1 is 0.805 bits per heavy atom. The van der Waals surface area contributed by atoms with Crippen molar-refractivity contribution in [2.75, 3.05) is 6.54 Å². The van der Waals surface area contributed by atoms with Gasteiger partial charge in [0.25, 0.3) is 11.8 Å². The molecule has 0 spiro atoms. The number of amides is 2. The first-order valence-electron chi connectivity index (χ1n) is 13.3. The summed E-state index contributed by atoms with van der Waals surface area (Å²) in [6, 6.07) is 17.1. The van der Waals surface area contributed by atoms with Crippen LogP contribution in [0, 0.1) is 5.92 Å². The minimum Gasteiger partial charge on any atom is -0.481 e. The molecular weight excluding hydrogens is 535 g/mol. The summed E-state index contributed by atoms with van der Waals surface area (Å²) in [6.45, 7) is 5.87. The summed E-state index contributed by atoms with van der Waals surface area (Å²) in [7, 11) is 0. The average molecular weight is 568 g/mol. The first kappa shape index (κ1) is 30.0. The van der Waals surface area contributed by atoms with E-state index in [0.29, 0.717) is 17.5 Å². The molecule has 0 aromatic heterocycles. The largest absolute Gasteiger partial charge is 0.481 e. The van der Waals surface area contributed by atoms with Gasteiger partial charge in [0, 0.05) is 6.54 Å². The van der Waals surface area contributed by atoms with Gasteiger partial charge in [0.2, 0.25) is 0 Å². The van der Waals surface area contributed by atoms with E-state index in [1.165, 1.54) is 12.1 Å². The van der Waals surface area contributed by atoms with E-state index in [9.17, 15) is 37.8 Å². The Morgan fingerprint density at radius 3 is 1.88 bits per heavy atom. The lowest BCUT2D eigenvalue weighted by molar-refractivity contribution is -0.146. The first-order valence-corrected chi connectivity index (χ1v) is 13.3. The van der Waals surface area contributed by atoms with E-state index in [0.717, 1.165) is 33.7 Å². The minimum absolute atomic E-state index is 0.0963. The Labute approximate surface area is 236 Å². The SMILES string of the molecule is CC(C)(C)c1ccc2c(c1)C(=O)N(CC[C@H](C(=O)O)[C@@H](O)CCc1ccc(-c3ccc(C(F)(F)F)cc3)cc1)C2=O. The number of halogens is 3. The second-order valence-corrected chi connectivity index (χ2v) is 11.4. The van der Waals surface area contributed by atoms with Crippen molar-refractivity contribution in [2.45, 2.75) is 57.7 Å². The van der Waals surface area contributed by atoms with Gasteiger partial charge in [-0.05, 0) is 71.2 Å². The van der Waals surface area contributed by atoms with Crippen LogP contribution in [-0.2, 0) is 22.8 Å². The predicted octanol–water partition coefficient (Wildman–Crippen LogP) is 6.35. The highest BCUT2D eigenvalue weighted by Crippen LogP contribution is 2.32.